The molecule has 1 aromatic carbocycles. The van der Waals surface area contributed by atoms with E-state index in [1.54, 1.807) is 0 Å². The van der Waals surface area contributed by atoms with Gasteiger partial charge in [-0.2, -0.15) is 0 Å². The molecular weight excluding hydrogens is 406 g/mol. The van der Waals surface area contributed by atoms with Crippen LogP contribution in [-0.2, 0) is 19.6 Å². The number of ether oxygens (including phenoxy) is 1. The Kier molecular flexibility index (Phi) is 7.85. The molecule has 30 heavy (non-hydrogen) atoms. The van der Waals surface area contributed by atoms with Crippen molar-refractivity contribution < 1.29 is 22.7 Å². The number of carbonyl (C=O) groups excluding carboxylic acids is 2. The van der Waals surface area contributed by atoms with Gasteiger partial charge in [0.15, 0.2) is 0 Å². The lowest BCUT2D eigenvalue weighted by atomic mass is 10.1. The highest BCUT2D eigenvalue weighted by Crippen LogP contribution is 2.30. The minimum absolute atomic E-state index is 0.0201. The first kappa shape index (κ1) is 22.7. The molecule has 1 saturated heterocycles. The van der Waals surface area contributed by atoms with Crippen molar-refractivity contribution in [2.24, 2.45) is 5.92 Å². The molecule has 3 rings (SSSR count). The Morgan fingerprint density at radius 2 is 2.00 bits per heavy atom. The molecule has 1 saturated carbocycles. The number of amides is 2. The second kappa shape index (κ2) is 10.4. The lowest BCUT2D eigenvalue weighted by molar-refractivity contribution is -0.134. The van der Waals surface area contributed by atoms with Crippen molar-refractivity contribution in [1.29, 1.82) is 0 Å². The maximum atomic E-state index is 12.4. The number of benzene rings is 1. The number of unbranched alkanes of at least 4 members (excludes halogenated alkanes) is 1. The van der Waals surface area contributed by atoms with Gasteiger partial charge in [0.1, 0.15) is 5.75 Å². The van der Waals surface area contributed by atoms with Gasteiger partial charge in [-0.25, -0.2) is 13.1 Å². The van der Waals surface area contributed by atoms with Crippen molar-refractivity contribution in [1.82, 2.24) is 15.4 Å². The Labute approximate surface area is 178 Å². The molecule has 2 aliphatic rings. The van der Waals surface area contributed by atoms with Crippen molar-refractivity contribution in [2.45, 2.75) is 57.5 Å². The Balaban J connectivity index is 1.37. The van der Waals surface area contributed by atoms with Crippen LogP contribution in [0.1, 0.15) is 57.1 Å². The molecule has 1 aliphatic heterocycles. The number of rotatable bonds is 12. The lowest BCUT2D eigenvalue weighted by Crippen LogP contribution is -2.50. The molecule has 166 valence electrons. The summed E-state index contributed by atoms with van der Waals surface area (Å²) in [5.74, 6) is 0.896. The van der Waals surface area contributed by atoms with Crippen molar-refractivity contribution in [3.8, 4) is 5.75 Å². The predicted octanol–water partition coefficient (Wildman–Crippen LogP) is 1.63. The molecule has 1 aliphatic carbocycles. The number of piperidine rings is 1. The topological polar surface area (TPSA) is 114 Å². The third-order valence-corrected chi connectivity index (χ3v) is 6.91. The van der Waals surface area contributed by atoms with Gasteiger partial charge in [0.05, 0.1) is 18.4 Å². The molecule has 0 spiro atoms. The van der Waals surface area contributed by atoms with Crippen LogP contribution in [0.25, 0.3) is 0 Å². The van der Waals surface area contributed by atoms with Crippen LogP contribution in [0.3, 0.4) is 0 Å². The van der Waals surface area contributed by atoms with Gasteiger partial charge in [-0.05, 0) is 69.2 Å². The monoisotopic (exact) mass is 437 g/mol. The number of carbonyl (C=O) groups is 2. The van der Waals surface area contributed by atoms with Gasteiger partial charge in [0.2, 0.25) is 21.8 Å². The molecule has 1 unspecified atom stereocenters. The summed E-state index contributed by atoms with van der Waals surface area (Å²) in [6, 6.07) is 6.82. The summed E-state index contributed by atoms with van der Waals surface area (Å²) >= 11 is 0. The van der Waals surface area contributed by atoms with Gasteiger partial charge in [-0.3, -0.25) is 14.9 Å². The van der Waals surface area contributed by atoms with Crippen LogP contribution in [0, 0.1) is 5.92 Å². The minimum Gasteiger partial charge on any atom is -0.493 e. The maximum Gasteiger partial charge on any atom is 0.243 e. The molecule has 0 aromatic heterocycles. The second-order valence-electron chi connectivity index (χ2n) is 8.15. The van der Waals surface area contributed by atoms with E-state index in [0.29, 0.717) is 38.1 Å². The molecule has 2 fully saturated rings. The molecule has 3 N–H and O–H groups in total. The van der Waals surface area contributed by atoms with E-state index in [2.05, 4.69) is 15.4 Å². The van der Waals surface area contributed by atoms with Crippen molar-refractivity contribution >= 4 is 21.8 Å². The van der Waals surface area contributed by atoms with Gasteiger partial charge in [-0.1, -0.05) is 12.1 Å². The van der Waals surface area contributed by atoms with E-state index in [9.17, 15) is 18.0 Å². The summed E-state index contributed by atoms with van der Waals surface area (Å²) in [6.07, 6.45) is 4.35. The van der Waals surface area contributed by atoms with Crippen LogP contribution >= 0.6 is 0 Å². The van der Waals surface area contributed by atoms with Crippen molar-refractivity contribution in [3.63, 3.8) is 0 Å². The van der Waals surface area contributed by atoms with E-state index in [4.69, 9.17) is 4.74 Å². The first-order valence-corrected chi connectivity index (χ1v) is 12.3. The van der Waals surface area contributed by atoms with E-state index in [0.717, 1.165) is 17.9 Å². The summed E-state index contributed by atoms with van der Waals surface area (Å²) in [7, 11) is -3.42. The van der Waals surface area contributed by atoms with Gasteiger partial charge in [0, 0.05) is 12.5 Å². The summed E-state index contributed by atoms with van der Waals surface area (Å²) in [5.41, 5.74) is 0.867. The Morgan fingerprint density at radius 1 is 1.20 bits per heavy atom. The maximum absolute atomic E-state index is 12.4. The molecule has 1 heterocycles. The molecule has 8 nitrogen and oxygen atoms in total. The lowest BCUT2D eigenvalue weighted by Gasteiger charge is -2.21. The van der Waals surface area contributed by atoms with Crippen LogP contribution in [0.4, 0.5) is 0 Å². The summed E-state index contributed by atoms with van der Waals surface area (Å²) in [5, 5.41) is 5.38. The molecular formula is C21H31N3O5S. The summed E-state index contributed by atoms with van der Waals surface area (Å²) < 4.78 is 33.3. The average molecular weight is 438 g/mol. The minimum atomic E-state index is -3.42. The smallest absolute Gasteiger partial charge is 0.243 e. The number of nitrogens with one attached hydrogen (secondary N) is 3. The SMILES string of the molecule is C[C@@H](NS(=O)(=O)CCCCNC1CCC(=O)NC1=O)c1cccc(OCC2CC2)c1. The van der Waals surface area contributed by atoms with E-state index in [1.807, 2.05) is 31.2 Å². The molecule has 0 radical (unpaired) electrons. The quantitative estimate of drug-likeness (QED) is 0.338. The van der Waals surface area contributed by atoms with E-state index < -0.39 is 10.0 Å². The second-order valence-corrected chi connectivity index (χ2v) is 10.0. The molecule has 0 bridgehead atoms. The van der Waals surface area contributed by atoms with Crippen molar-refractivity contribution in [3.05, 3.63) is 29.8 Å². The zero-order chi connectivity index (χ0) is 21.6. The fourth-order valence-corrected chi connectivity index (χ4v) is 4.73. The zero-order valence-electron chi connectivity index (χ0n) is 17.4. The highest BCUT2D eigenvalue weighted by molar-refractivity contribution is 7.89. The average Bonchev–Trinajstić information content (AvgIpc) is 3.52. The van der Waals surface area contributed by atoms with Crippen LogP contribution in [0.2, 0.25) is 0 Å². The van der Waals surface area contributed by atoms with Crippen LogP contribution in [-0.4, -0.2) is 45.2 Å². The van der Waals surface area contributed by atoms with Gasteiger partial charge < -0.3 is 10.1 Å². The van der Waals surface area contributed by atoms with Gasteiger partial charge in [-0.15, -0.1) is 0 Å². The van der Waals surface area contributed by atoms with Gasteiger partial charge in [0.25, 0.3) is 0 Å². The standard InChI is InChI=1S/C21H31N3O5S/c1-15(17-5-4-6-18(13-17)29-14-16-7-8-16)24-30(27,28)12-3-2-11-22-19-9-10-20(25)23-21(19)26/h4-6,13,15-16,19,22,24H,2-3,7-12,14H2,1H3,(H,23,25,26)/t15-,19?/m1/s1. The highest BCUT2D eigenvalue weighted by atomic mass is 32.2. The summed E-state index contributed by atoms with van der Waals surface area (Å²) in [6.45, 7) is 3.07. The molecule has 2 atom stereocenters. The van der Waals surface area contributed by atoms with E-state index in [1.165, 1.54) is 12.8 Å². The first-order chi connectivity index (χ1) is 14.3. The molecule has 1 aromatic rings. The third-order valence-electron chi connectivity index (χ3n) is 5.37. The number of sulfonamides is 1. The largest absolute Gasteiger partial charge is 0.493 e. The zero-order valence-corrected chi connectivity index (χ0v) is 18.2. The fraction of sp³-hybridized carbons (Fsp3) is 0.619. The molecule has 2 amide bonds. The molecule has 9 heteroatoms. The Hall–Kier alpha value is -1.97. The fourth-order valence-electron chi connectivity index (χ4n) is 3.35. The highest BCUT2D eigenvalue weighted by Gasteiger charge is 2.25. The number of hydrogen-bond acceptors (Lipinski definition) is 6. The Morgan fingerprint density at radius 3 is 2.73 bits per heavy atom. The van der Waals surface area contributed by atoms with E-state index in [-0.39, 0.29) is 29.7 Å². The predicted molar refractivity (Wildman–Crippen MR) is 113 cm³/mol. The van der Waals surface area contributed by atoms with Crippen LogP contribution in [0.5, 0.6) is 5.75 Å². The first-order valence-electron chi connectivity index (χ1n) is 10.6. The summed E-state index contributed by atoms with van der Waals surface area (Å²) in [4.78, 5) is 22.8. The van der Waals surface area contributed by atoms with Crippen LogP contribution in [0.15, 0.2) is 24.3 Å². The number of hydrogen-bond donors (Lipinski definition) is 3. The van der Waals surface area contributed by atoms with Crippen molar-refractivity contribution in [2.75, 3.05) is 18.9 Å². The normalized spacial score (nSPS) is 20.6. The van der Waals surface area contributed by atoms with E-state index >= 15 is 0 Å². The Bertz CT molecular complexity index is 854. The third kappa shape index (κ3) is 7.37. The number of imide groups is 1. The van der Waals surface area contributed by atoms with Gasteiger partial charge >= 0.3 is 0 Å². The van der Waals surface area contributed by atoms with Crippen LogP contribution < -0.4 is 20.1 Å².